The van der Waals surface area contributed by atoms with Gasteiger partial charge in [-0.2, -0.15) is 0 Å². The van der Waals surface area contributed by atoms with E-state index in [-0.39, 0.29) is 6.10 Å². The number of aliphatic imine (C=N–C) groups is 1. The first kappa shape index (κ1) is 11.5. The van der Waals surface area contributed by atoms with Crippen molar-refractivity contribution >= 4 is 5.84 Å². The van der Waals surface area contributed by atoms with E-state index in [0.29, 0.717) is 6.04 Å². The standard InChI is InChI=1S/C14H18N2O2/c1-17-11-8-6-10(7-9-11)14-15-12-4-2-3-5-13(12)18-16-14/h6-9,12-13H,2-5H2,1H3,(H,15,16)/t12-,13-/m1/s1. The Balaban J connectivity index is 1.80. The van der Waals surface area contributed by atoms with E-state index in [1.54, 1.807) is 7.11 Å². The van der Waals surface area contributed by atoms with Crippen LogP contribution in [0.1, 0.15) is 31.2 Å². The molecule has 2 atom stereocenters. The zero-order valence-electron chi connectivity index (χ0n) is 10.6. The molecule has 0 saturated heterocycles. The van der Waals surface area contributed by atoms with Gasteiger partial charge in [0.25, 0.3) is 0 Å². The van der Waals surface area contributed by atoms with Gasteiger partial charge in [-0.15, -0.1) is 0 Å². The number of rotatable bonds is 2. The van der Waals surface area contributed by atoms with E-state index < -0.39 is 0 Å². The van der Waals surface area contributed by atoms with E-state index in [9.17, 15) is 0 Å². The highest BCUT2D eigenvalue weighted by Gasteiger charge is 2.30. The van der Waals surface area contributed by atoms with Crippen molar-refractivity contribution in [3.05, 3.63) is 29.8 Å². The van der Waals surface area contributed by atoms with Crippen LogP contribution in [0.5, 0.6) is 5.75 Å². The summed E-state index contributed by atoms with van der Waals surface area (Å²) in [4.78, 5) is 10.5. The Bertz CT molecular complexity index is 442. The first-order chi connectivity index (χ1) is 8.86. The maximum atomic E-state index is 5.69. The largest absolute Gasteiger partial charge is 0.497 e. The lowest BCUT2D eigenvalue weighted by atomic mass is 9.92. The fourth-order valence-electron chi connectivity index (χ4n) is 2.57. The van der Waals surface area contributed by atoms with E-state index in [1.165, 1.54) is 12.8 Å². The Kier molecular flexibility index (Phi) is 3.19. The van der Waals surface area contributed by atoms with Gasteiger partial charge in [0, 0.05) is 5.56 Å². The van der Waals surface area contributed by atoms with E-state index in [4.69, 9.17) is 14.6 Å². The molecule has 0 bridgehead atoms. The van der Waals surface area contributed by atoms with Gasteiger partial charge in [0.05, 0.1) is 13.2 Å². The summed E-state index contributed by atoms with van der Waals surface area (Å²) in [6, 6.07) is 8.19. The van der Waals surface area contributed by atoms with Crippen molar-refractivity contribution in [3.63, 3.8) is 0 Å². The Hall–Kier alpha value is -1.55. The molecular formula is C14H18N2O2. The molecule has 18 heavy (non-hydrogen) atoms. The minimum Gasteiger partial charge on any atom is -0.497 e. The second kappa shape index (κ2) is 4.98. The van der Waals surface area contributed by atoms with Crippen molar-refractivity contribution in [1.29, 1.82) is 0 Å². The molecule has 4 heteroatoms. The van der Waals surface area contributed by atoms with Crippen molar-refractivity contribution in [1.82, 2.24) is 5.48 Å². The van der Waals surface area contributed by atoms with Crippen LogP contribution in [0.3, 0.4) is 0 Å². The first-order valence-corrected chi connectivity index (χ1v) is 6.51. The average Bonchev–Trinajstić information content (AvgIpc) is 2.47. The summed E-state index contributed by atoms with van der Waals surface area (Å²) < 4.78 is 5.15. The molecule has 1 saturated carbocycles. The molecule has 1 heterocycles. The van der Waals surface area contributed by atoms with Crippen LogP contribution in [0.15, 0.2) is 29.3 Å². The van der Waals surface area contributed by atoms with Gasteiger partial charge in [-0.3, -0.25) is 9.83 Å². The first-order valence-electron chi connectivity index (χ1n) is 6.51. The van der Waals surface area contributed by atoms with Crippen molar-refractivity contribution in [2.24, 2.45) is 4.99 Å². The molecule has 2 aliphatic rings. The molecule has 3 rings (SSSR count). The Morgan fingerprint density at radius 3 is 2.78 bits per heavy atom. The van der Waals surface area contributed by atoms with Gasteiger partial charge in [0.2, 0.25) is 0 Å². The predicted octanol–water partition coefficient (Wildman–Crippen LogP) is 2.29. The zero-order chi connectivity index (χ0) is 12.4. The number of fused-ring (bicyclic) bond motifs is 1. The molecule has 1 aliphatic heterocycles. The van der Waals surface area contributed by atoms with E-state index in [0.717, 1.165) is 30.0 Å². The number of amidine groups is 1. The fraction of sp³-hybridized carbons (Fsp3) is 0.500. The molecular weight excluding hydrogens is 228 g/mol. The summed E-state index contributed by atoms with van der Waals surface area (Å²) in [6.45, 7) is 0. The summed E-state index contributed by atoms with van der Waals surface area (Å²) in [6.07, 6.45) is 4.99. The Labute approximate surface area is 107 Å². The lowest BCUT2D eigenvalue weighted by Gasteiger charge is -2.33. The van der Waals surface area contributed by atoms with Crippen molar-refractivity contribution in [2.45, 2.75) is 37.8 Å². The molecule has 0 aromatic heterocycles. The number of nitrogens with zero attached hydrogens (tertiary/aromatic N) is 1. The smallest absolute Gasteiger partial charge is 0.152 e. The van der Waals surface area contributed by atoms with Crippen LogP contribution in [0.4, 0.5) is 0 Å². The molecule has 4 nitrogen and oxygen atoms in total. The van der Waals surface area contributed by atoms with E-state index >= 15 is 0 Å². The number of hydrogen-bond acceptors (Lipinski definition) is 4. The molecule has 1 N–H and O–H groups in total. The summed E-state index contributed by atoms with van der Waals surface area (Å²) >= 11 is 0. The van der Waals surface area contributed by atoms with Gasteiger partial charge in [0.1, 0.15) is 11.9 Å². The fourth-order valence-corrected chi connectivity index (χ4v) is 2.57. The highest BCUT2D eigenvalue weighted by atomic mass is 16.7. The molecule has 0 unspecified atom stereocenters. The van der Waals surface area contributed by atoms with Gasteiger partial charge in [-0.1, -0.05) is 12.8 Å². The van der Waals surface area contributed by atoms with Gasteiger partial charge in [-0.25, -0.2) is 5.48 Å². The predicted molar refractivity (Wildman–Crippen MR) is 69.8 cm³/mol. The quantitative estimate of drug-likeness (QED) is 0.870. The number of methoxy groups -OCH3 is 1. The highest BCUT2D eigenvalue weighted by molar-refractivity contribution is 5.98. The monoisotopic (exact) mass is 246 g/mol. The van der Waals surface area contributed by atoms with Crippen LogP contribution >= 0.6 is 0 Å². The van der Waals surface area contributed by atoms with Gasteiger partial charge < -0.3 is 4.74 Å². The maximum absolute atomic E-state index is 5.69. The summed E-state index contributed by atoms with van der Waals surface area (Å²) in [5.74, 6) is 1.69. The number of nitrogens with one attached hydrogen (secondary N) is 1. The summed E-state index contributed by atoms with van der Waals surface area (Å²) in [5, 5.41) is 0. The maximum Gasteiger partial charge on any atom is 0.152 e. The minimum absolute atomic E-state index is 0.251. The Morgan fingerprint density at radius 2 is 2.00 bits per heavy atom. The normalized spacial score (nSPS) is 26.8. The van der Waals surface area contributed by atoms with Gasteiger partial charge in [0.15, 0.2) is 5.84 Å². The SMILES string of the molecule is COc1ccc(C2=N[C@@H]3CCCC[C@H]3ON2)cc1. The molecule has 1 aromatic carbocycles. The Morgan fingerprint density at radius 1 is 1.22 bits per heavy atom. The third kappa shape index (κ3) is 2.20. The molecule has 0 spiro atoms. The van der Waals surface area contributed by atoms with Crippen LogP contribution in [-0.2, 0) is 4.84 Å². The zero-order valence-corrected chi connectivity index (χ0v) is 10.6. The summed E-state index contributed by atoms with van der Waals surface area (Å²) in [7, 11) is 1.67. The van der Waals surface area contributed by atoms with Crippen molar-refractivity contribution in [3.8, 4) is 5.75 Å². The number of benzene rings is 1. The third-order valence-corrected chi connectivity index (χ3v) is 3.63. The van der Waals surface area contributed by atoms with Crippen molar-refractivity contribution in [2.75, 3.05) is 7.11 Å². The van der Waals surface area contributed by atoms with Gasteiger partial charge >= 0.3 is 0 Å². The second-order valence-electron chi connectivity index (χ2n) is 4.82. The molecule has 96 valence electrons. The van der Waals surface area contributed by atoms with Crippen LogP contribution in [0.2, 0.25) is 0 Å². The van der Waals surface area contributed by atoms with Crippen LogP contribution < -0.4 is 10.2 Å². The molecule has 1 fully saturated rings. The highest BCUT2D eigenvalue weighted by Crippen LogP contribution is 2.26. The van der Waals surface area contributed by atoms with E-state index in [2.05, 4.69) is 5.48 Å². The number of hydrogen-bond donors (Lipinski definition) is 1. The van der Waals surface area contributed by atoms with E-state index in [1.807, 2.05) is 24.3 Å². The lowest BCUT2D eigenvalue weighted by Crippen LogP contribution is -2.44. The lowest BCUT2D eigenvalue weighted by molar-refractivity contribution is -0.0323. The second-order valence-corrected chi connectivity index (χ2v) is 4.82. The van der Waals surface area contributed by atoms with Crippen LogP contribution in [0, 0.1) is 0 Å². The molecule has 1 aliphatic carbocycles. The topological polar surface area (TPSA) is 42.9 Å². The molecule has 0 radical (unpaired) electrons. The number of hydroxylamine groups is 1. The molecule has 0 amide bonds. The number of ether oxygens (including phenoxy) is 1. The van der Waals surface area contributed by atoms with Gasteiger partial charge in [-0.05, 0) is 37.1 Å². The van der Waals surface area contributed by atoms with Crippen LogP contribution in [-0.4, -0.2) is 25.1 Å². The van der Waals surface area contributed by atoms with Crippen LogP contribution in [0.25, 0.3) is 0 Å². The van der Waals surface area contributed by atoms with Crippen molar-refractivity contribution < 1.29 is 9.57 Å². The minimum atomic E-state index is 0.251. The molecule has 1 aromatic rings. The summed E-state index contributed by atoms with van der Waals surface area (Å²) in [5.41, 5.74) is 4.02. The third-order valence-electron chi connectivity index (χ3n) is 3.63. The average molecular weight is 246 g/mol.